The molecule has 1 N–H and O–H groups in total. The fourth-order valence-electron chi connectivity index (χ4n) is 3.70. The number of benzene rings is 1. The fourth-order valence-corrected chi connectivity index (χ4v) is 3.70. The highest BCUT2D eigenvalue weighted by molar-refractivity contribution is 5.97. The van der Waals surface area contributed by atoms with Crippen molar-refractivity contribution in [2.45, 2.75) is 64.7 Å². The summed E-state index contributed by atoms with van der Waals surface area (Å²) in [5.74, 6) is -3.13. The van der Waals surface area contributed by atoms with E-state index in [4.69, 9.17) is 37.9 Å². The largest absolute Gasteiger partial charge is 0.497 e. The van der Waals surface area contributed by atoms with Crippen LogP contribution in [0.2, 0.25) is 0 Å². The molecule has 3 rings (SSSR count). The van der Waals surface area contributed by atoms with Crippen molar-refractivity contribution < 1.29 is 61.9 Å². The standard InChI is InChI=1S/C23H27NO13/c1-10(25)31-9-17-18(32-11(2)26)19(33-12(3)27)20(34-13(4)28)22(36-17)37-23-21(29)24-15-7-6-14(30-5)8-16(15)35-23/h6-8,17-20,22-23H,9H2,1-5H3,(H,24,29)/t17-,18-,19+,20-,22+,23-/m1/s1. The van der Waals surface area contributed by atoms with Crippen LogP contribution in [0.4, 0.5) is 5.69 Å². The molecule has 2 aliphatic rings. The van der Waals surface area contributed by atoms with Gasteiger partial charge in [-0.25, -0.2) is 0 Å². The van der Waals surface area contributed by atoms with Crippen molar-refractivity contribution in [3.63, 3.8) is 0 Å². The van der Waals surface area contributed by atoms with Crippen LogP contribution >= 0.6 is 0 Å². The van der Waals surface area contributed by atoms with Crippen LogP contribution in [-0.4, -0.2) is 80.5 Å². The predicted octanol–water partition coefficient (Wildman–Crippen LogP) is 0.452. The Kier molecular flexibility index (Phi) is 8.89. The highest BCUT2D eigenvalue weighted by atomic mass is 16.8. The van der Waals surface area contributed by atoms with Crippen LogP contribution in [0.3, 0.4) is 0 Å². The molecule has 1 amide bonds. The topological polar surface area (TPSA) is 171 Å². The first kappa shape index (κ1) is 27.7. The maximum absolute atomic E-state index is 12.7. The highest BCUT2D eigenvalue weighted by Gasteiger charge is 2.54. The molecule has 0 spiro atoms. The minimum absolute atomic E-state index is 0.217. The van der Waals surface area contributed by atoms with Gasteiger partial charge in [-0.3, -0.25) is 24.0 Å². The van der Waals surface area contributed by atoms with Gasteiger partial charge >= 0.3 is 23.9 Å². The van der Waals surface area contributed by atoms with Gasteiger partial charge in [-0.1, -0.05) is 0 Å². The molecular weight excluding hydrogens is 498 g/mol. The average molecular weight is 525 g/mol. The Balaban J connectivity index is 1.95. The number of fused-ring (bicyclic) bond motifs is 1. The van der Waals surface area contributed by atoms with Crippen molar-refractivity contribution in [2.24, 2.45) is 0 Å². The molecule has 1 aromatic carbocycles. The molecule has 0 aromatic heterocycles. The summed E-state index contributed by atoms with van der Waals surface area (Å²) in [5, 5.41) is 2.60. The summed E-state index contributed by atoms with van der Waals surface area (Å²) in [4.78, 5) is 59.8. The minimum atomic E-state index is -1.61. The lowest BCUT2D eigenvalue weighted by Gasteiger charge is -2.44. The smallest absolute Gasteiger partial charge is 0.303 e. The van der Waals surface area contributed by atoms with Gasteiger partial charge in [0.25, 0.3) is 12.2 Å². The van der Waals surface area contributed by atoms with E-state index >= 15 is 0 Å². The van der Waals surface area contributed by atoms with Crippen molar-refractivity contribution >= 4 is 35.5 Å². The zero-order chi connectivity index (χ0) is 27.3. The van der Waals surface area contributed by atoms with E-state index in [0.29, 0.717) is 11.4 Å². The van der Waals surface area contributed by atoms with Gasteiger partial charge < -0.3 is 43.2 Å². The number of esters is 4. The van der Waals surface area contributed by atoms with Crippen molar-refractivity contribution in [3.8, 4) is 11.5 Å². The normalized spacial score (nSPS) is 26.5. The third kappa shape index (κ3) is 7.07. The van der Waals surface area contributed by atoms with Crippen molar-refractivity contribution in [3.05, 3.63) is 18.2 Å². The first-order valence-corrected chi connectivity index (χ1v) is 11.1. The quantitative estimate of drug-likeness (QED) is 0.367. The SMILES string of the molecule is COc1ccc2c(c1)O[C@H](O[C@@H]1O[C@H](COC(C)=O)[C@@H](OC(C)=O)[C@H](OC(C)=O)[C@H]1OC(C)=O)C(=O)N2. The van der Waals surface area contributed by atoms with Crippen LogP contribution in [0, 0.1) is 0 Å². The number of rotatable bonds is 8. The van der Waals surface area contributed by atoms with Gasteiger partial charge in [0, 0.05) is 33.8 Å². The molecule has 37 heavy (non-hydrogen) atoms. The van der Waals surface area contributed by atoms with E-state index in [1.807, 2.05) is 0 Å². The summed E-state index contributed by atoms with van der Waals surface area (Å²) >= 11 is 0. The average Bonchev–Trinajstić information content (AvgIpc) is 2.80. The third-order valence-corrected chi connectivity index (χ3v) is 5.10. The number of anilines is 1. The van der Waals surface area contributed by atoms with Crippen LogP contribution in [-0.2, 0) is 52.4 Å². The monoisotopic (exact) mass is 525 g/mol. The molecule has 202 valence electrons. The molecule has 0 radical (unpaired) electrons. The summed E-state index contributed by atoms with van der Waals surface area (Å²) in [6.07, 6.45) is -8.78. The van der Waals surface area contributed by atoms with Crippen LogP contribution in [0.15, 0.2) is 18.2 Å². The number of carbonyl (C=O) groups is 5. The Bertz CT molecular complexity index is 1060. The van der Waals surface area contributed by atoms with Gasteiger partial charge in [-0.15, -0.1) is 0 Å². The molecular formula is C23H27NO13. The van der Waals surface area contributed by atoms with E-state index in [1.165, 1.54) is 13.2 Å². The van der Waals surface area contributed by atoms with Crippen molar-refractivity contribution in [1.29, 1.82) is 0 Å². The van der Waals surface area contributed by atoms with Gasteiger partial charge in [-0.2, -0.15) is 0 Å². The molecule has 0 saturated carbocycles. The summed E-state index contributed by atoms with van der Waals surface area (Å²) in [7, 11) is 1.45. The minimum Gasteiger partial charge on any atom is -0.497 e. The molecule has 6 atom stereocenters. The van der Waals surface area contributed by atoms with Gasteiger partial charge in [-0.05, 0) is 12.1 Å². The molecule has 0 unspecified atom stereocenters. The summed E-state index contributed by atoms with van der Waals surface area (Å²) in [6, 6.07) is 4.69. The second-order valence-electron chi connectivity index (χ2n) is 8.00. The van der Waals surface area contributed by atoms with E-state index in [9.17, 15) is 24.0 Å². The maximum atomic E-state index is 12.7. The number of hydrogen-bond acceptors (Lipinski definition) is 13. The molecule has 0 bridgehead atoms. The first-order valence-electron chi connectivity index (χ1n) is 11.1. The number of amides is 1. The van der Waals surface area contributed by atoms with E-state index in [1.54, 1.807) is 12.1 Å². The van der Waals surface area contributed by atoms with Gasteiger partial charge in [0.2, 0.25) is 6.29 Å². The first-order chi connectivity index (χ1) is 17.5. The second kappa shape index (κ2) is 11.9. The molecule has 14 nitrogen and oxygen atoms in total. The second-order valence-corrected chi connectivity index (χ2v) is 8.00. The molecule has 1 aromatic rings. The third-order valence-electron chi connectivity index (χ3n) is 5.10. The molecule has 2 heterocycles. The zero-order valence-electron chi connectivity index (χ0n) is 20.7. The Hall–Kier alpha value is -3.91. The van der Waals surface area contributed by atoms with Gasteiger partial charge in [0.05, 0.1) is 12.8 Å². The number of ether oxygens (including phenoxy) is 8. The Morgan fingerprint density at radius 2 is 1.51 bits per heavy atom. The highest BCUT2D eigenvalue weighted by Crippen LogP contribution is 2.35. The van der Waals surface area contributed by atoms with Crippen molar-refractivity contribution in [2.75, 3.05) is 19.0 Å². The van der Waals surface area contributed by atoms with Crippen LogP contribution in [0.1, 0.15) is 27.7 Å². The summed E-state index contributed by atoms with van der Waals surface area (Å²) < 4.78 is 43.4. The Labute approximate surface area is 211 Å². The van der Waals surface area contributed by atoms with Crippen LogP contribution in [0.5, 0.6) is 11.5 Å². The molecule has 0 aliphatic carbocycles. The maximum Gasteiger partial charge on any atom is 0.303 e. The molecule has 1 saturated heterocycles. The summed E-state index contributed by atoms with van der Waals surface area (Å²) in [6.45, 7) is 3.97. The molecule has 1 fully saturated rings. The lowest BCUT2D eigenvalue weighted by Crippen LogP contribution is -2.64. The predicted molar refractivity (Wildman–Crippen MR) is 119 cm³/mol. The van der Waals surface area contributed by atoms with E-state index < -0.39 is 73.4 Å². The van der Waals surface area contributed by atoms with Gasteiger partial charge in [0.1, 0.15) is 18.5 Å². The van der Waals surface area contributed by atoms with Crippen molar-refractivity contribution in [1.82, 2.24) is 0 Å². The lowest BCUT2D eigenvalue weighted by atomic mass is 9.98. The van der Waals surface area contributed by atoms with Crippen LogP contribution in [0.25, 0.3) is 0 Å². The zero-order valence-corrected chi connectivity index (χ0v) is 20.7. The number of hydrogen-bond donors (Lipinski definition) is 1. The Morgan fingerprint density at radius 1 is 0.892 bits per heavy atom. The van der Waals surface area contributed by atoms with E-state index in [0.717, 1.165) is 27.7 Å². The number of methoxy groups -OCH3 is 1. The Morgan fingerprint density at radius 3 is 2.11 bits per heavy atom. The number of carbonyl (C=O) groups excluding carboxylic acids is 5. The van der Waals surface area contributed by atoms with Gasteiger partial charge in [0.15, 0.2) is 24.1 Å². The van der Waals surface area contributed by atoms with Crippen LogP contribution < -0.4 is 14.8 Å². The number of nitrogens with one attached hydrogen (secondary N) is 1. The fraction of sp³-hybridized carbons (Fsp3) is 0.522. The molecule has 2 aliphatic heterocycles. The molecule has 14 heteroatoms. The van der Waals surface area contributed by atoms with E-state index in [2.05, 4.69) is 5.32 Å². The lowest BCUT2D eigenvalue weighted by molar-refractivity contribution is -0.327. The summed E-state index contributed by atoms with van der Waals surface area (Å²) in [5.41, 5.74) is 0.354. The van der Waals surface area contributed by atoms with E-state index in [-0.39, 0.29) is 5.75 Å².